The van der Waals surface area contributed by atoms with Gasteiger partial charge in [-0.1, -0.05) is 0 Å². The minimum atomic E-state index is -0.833. The maximum absolute atomic E-state index is 8.46. The molecule has 12 heavy (non-hydrogen) atoms. The van der Waals surface area contributed by atoms with Crippen molar-refractivity contribution in [2.75, 3.05) is 0 Å². The molecule has 0 atom stereocenters. The van der Waals surface area contributed by atoms with E-state index >= 15 is 0 Å². The summed E-state index contributed by atoms with van der Waals surface area (Å²) in [6.45, 7) is 0.680. The van der Waals surface area contributed by atoms with Crippen LogP contribution in [0, 0.1) is 0 Å². The SMILES string of the molecule is NCc1cccc[c]1[Na].O=PO. The van der Waals surface area contributed by atoms with E-state index in [1.54, 1.807) is 0 Å². The maximum Gasteiger partial charge on any atom is 0.324 e. The number of rotatable bonds is 1. The summed E-state index contributed by atoms with van der Waals surface area (Å²) in [6.07, 6.45) is 0. The molecule has 0 aromatic heterocycles. The zero-order valence-electron chi connectivity index (χ0n) is 6.90. The Bertz CT molecular complexity index is 245. The molecule has 1 aromatic rings. The van der Waals surface area contributed by atoms with Crippen molar-refractivity contribution in [3.63, 3.8) is 0 Å². The Morgan fingerprint density at radius 1 is 1.50 bits per heavy atom. The molecule has 0 fully saturated rings. The van der Waals surface area contributed by atoms with Crippen molar-refractivity contribution in [1.82, 2.24) is 0 Å². The topological polar surface area (TPSA) is 63.3 Å². The molecule has 0 radical (unpaired) electrons. The van der Waals surface area contributed by atoms with Crippen LogP contribution in [0.1, 0.15) is 5.56 Å². The molecular formula is C7H9NNaO2P. The molecular weight excluding hydrogens is 184 g/mol. The minimum absolute atomic E-state index is 0.680. The van der Waals surface area contributed by atoms with E-state index in [0.717, 1.165) is 27.9 Å². The molecule has 0 saturated carbocycles. The second-order valence-corrected chi connectivity index (χ2v) is 3.45. The Kier molecular flexibility index (Phi) is 8.02. The number of hydrogen-bond donors (Lipinski definition) is 2. The summed E-state index contributed by atoms with van der Waals surface area (Å²) in [5, 5.41) is 0. The molecule has 3 N–H and O–H groups in total. The van der Waals surface area contributed by atoms with Crippen LogP contribution in [0.5, 0.6) is 0 Å². The van der Waals surface area contributed by atoms with E-state index in [1.807, 2.05) is 6.07 Å². The summed E-state index contributed by atoms with van der Waals surface area (Å²) in [7, 11) is -0.833. The quantitative estimate of drug-likeness (QED) is 0.492. The molecule has 3 nitrogen and oxygen atoms in total. The van der Waals surface area contributed by atoms with Gasteiger partial charge in [0.25, 0.3) is 0 Å². The Labute approximate surface area is 90.7 Å². The van der Waals surface area contributed by atoms with Crippen LogP contribution in [0.15, 0.2) is 24.3 Å². The van der Waals surface area contributed by atoms with Crippen LogP contribution in [0.25, 0.3) is 0 Å². The van der Waals surface area contributed by atoms with Crippen LogP contribution in [0.2, 0.25) is 0 Å². The second-order valence-electron chi connectivity index (χ2n) is 2.21. The van der Waals surface area contributed by atoms with Gasteiger partial charge in [0, 0.05) is 0 Å². The fraction of sp³-hybridized carbons (Fsp3) is 0.143. The van der Waals surface area contributed by atoms with E-state index in [-0.39, 0.29) is 0 Å². The van der Waals surface area contributed by atoms with Gasteiger partial charge in [0.2, 0.25) is 0 Å². The molecule has 0 aliphatic carbocycles. The Morgan fingerprint density at radius 2 is 2.00 bits per heavy atom. The van der Waals surface area contributed by atoms with Crippen LogP contribution in [0.4, 0.5) is 0 Å². The Hall–Kier alpha value is 0.240. The molecule has 0 heterocycles. The monoisotopic (exact) mass is 193 g/mol. The van der Waals surface area contributed by atoms with Crippen LogP contribution >= 0.6 is 8.69 Å². The summed E-state index contributed by atoms with van der Waals surface area (Å²) in [6, 6.07) is 8.31. The van der Waals surface area contributed by atoms with E-state index in [1.165, 1.54) is 8.38 Å². The average Bonchev–Trinajstić information content (AvgIpc) is 2.07. The second kappa shape index (κ2) is 7.87. The average molecular weight is 193 g/mol. The van der Waals surface area contributed by atoms with Gasteiger partial charge in [-0.15, -0.1) is 0 Å². The standard InChI is InChI=1S/C7H8N.Na.HO2P/c8-6-7-4-2-1-3-5-7;;1-3-2/h1-4H,6,8H2;;(H,1,2). The first-order valence-corrected chi connectivity index (χ1v) is 5.24. The van der Waals surface area contributed by atoms with Crippen molar-refractivity contribution in [2.45, 2.75) is 6.54 Å². The molecule has 1 aromatic carbocycles. The summed E-state index contributed by atoms with van der Waals surface area (Å²) in [4.78, 5) is 6.99. The predicted molar refractivity (Wildman–Crippen MR) is 49.5 cm³/mol. The molecule has 5 heteroatoms. The van der Waals surface area contributed by atoms with Gasteiger partial charge in [-0.2, -0.15) is 0 Å². The summed E-state index contributed by atoms with van der Waals surface area (Å²) in [5.41, 5.74) is 6.77. The minimum Gasteiger partial charge on any atom is -0.310 e. The van der Waals surface area contributed by atoms with Crippen molar-refractivity contribution < 1.29 is 9.46 Å². The summed E-state index contributed by atoms with van der Waals surface area (Å²) < 4.78 is 9.88. The third-order valence-corrected chi connectivity index (χ3v) is 2.46. The smallest absolute Gasteiger partial charge is 0.310 e. The molecule has 0 aliphatic heterocycles. The van der Waals surface area contributed by atoms with E-state index in [0.29, 0.717) is 6.54 Å². The third-order valence-electron chi connectivity index (χ3n) is 1.48. The number of nitrogens with two attached hydrogens (primary N) is 1. The van der Waals surface area contributed by atoms with Gasteiger partial charge < -0.3 is 4.89 Å². The zero-order chi connectivity index (χ0) is 9.40. The van der Waals surface area contributed by atoms with Gasteiger partial charge in [-0.05, 0) is 0 Å². The maximum atomic E-state index is 8.46. The molecule has 0 spiro atoms. The molecule has 0 amide bonds. The normalized spacial score (nSPS) is 9.00. The van der Waals surface area contributed by atoms with Gasteiger partial charge >= 0.3 is 81.5 Å². The molecule has 1 rings (SSSR count). The van der Waals surface area contributed by atoms with Crippen molar-refractivity contribution in [1.29, 1.82) is 0 Å². The van der Waals surface area contributed by atoms with Gasteiger partial charge in [-0.25, -0.2) is 4.57 Å². The summed E-state index contributed by atoms with van der Waals surface area (Å²) >= 11 is 1.11. The molecule has 0 bridgehead atoms. The van der Waals surface area contributed by atoms with Gasteiger partial charge in [0.1, 0.15) is 0 Å². The zero-order valence-corrected chi connectivity index (χ0v) is 9.79. The predicted octanol–water partition coefficient (Wildman–Crippen LogP) is 0.124. The fourth-order valence-corrected chi connectivity index (χ4v) is 1.40. The van der Waals surface area contributed by atoms with Crippen molar-refractivity contribution in [3.8, 4) is 0 Å². The van der Waals surface area contributed by atoms with Crippen LogP contribution in [-0.2, 0) is 11.1 Å². The van der Waals surface area contributed by atoms with Crippen LogP contribution in [0.3, 0.4) is 0 Å². The molecule has 60 valence electrons. The van der Waals surface area contributed by atoms with Crippen LogP contribution < -0.4 is 8.55 Å². The molecule has 0 aliphatic rings. The first-order valence-electron chi connectivity index (χ1n) is 3.47. The van der Waals surface area contributed by atoms with E-state index in [2.05, 4.69) is 18.2 Å². The molecule has 0 saturated heterocycles. The van der Waals surface area contributed by atoms with E-state index in [4.69, 9.17) is 15.2 Å². The van der Waals surface area contributed by atoms with E-state index < -0.39 is 8.69 Å². The van der Waals surface area contributed by atoms with E-state index in [9.17, 15) is 0 Å². The Balaban J connectivity index is 0.000000354. The first kappa shape index (κ1) is 12.2. The van der Waals surface area contributed by atoms with Crippen molar-refractivity contribution >= 4 is 39.4 Å². The van der Waals surface area contributed by atoms with Crippen LogP contribution in [-0.4, -0.2) is 32.8 Å². The van der Waals surface area contributed by atoms with Crippen molar-refractivity contribution in [3.05, 3.63) is 29.8 Å². The van der Waals surface area contributed by atoms with Gasteiger partial charge in [0.05, 0.1) is 0 Å². The molecule has 0 unspecified atom stereocenters. The Morgan fingerprint density at radius 3 is 2.33 bits per heavy atom. The fourth-order valence-electron chi connectivity index (χ4n) is 0.839. The third kappa shape index (κ3) is 4.99. The van der Waals surface area contributed by atoms with Crippen molar-refractivity contribution in [2.24, 2.45) is 5.73 Å². The summed E-state index contributed by atoms with van der Waals surface area (Å²) in [5.74, 6) is 0. The number of hydrogen-bond acceptors (Lipinski definition) is 2. The largest absolute Gasteiger partial charge is 0.324 e. The number of benzene rings is 1. The van der Waals surface area contributed by atoms with Gasteiger partial charge in [-0.3, -0.25) is 0 Å². The van der Waals surface area contributed by atoms with Gasteiger partial charge in [0.15, 0.2) is 0 Å². The first-order chi connectivity index (χ1) is 5.76.